The Morgan fingerprint density at radius 3 is 2.62 bits per heavy atom. The molecule has 2 heterocycles. The molecule has 1 saturated heterocycles. The smallest absolute Gasteiger partial charge is 0.286 e. The molecule has 1 aromatic heterocycles. The number of hydrogen-bond acceptors (Lipinski definition) is 5. The lowest BCUT2D eigenvalue weighted by molar-refractivity contribution is -0.118. The quantitative estimate of drug-likeness (QED) is 0.726. The second-order valence-corrected chi connectivity index (χ2v) is 7.39. The van der Waals surface area contributed by atoms with Crippen molar-refractivity contribution in [3.05, 3.63) is 59.9 Å². The van der Waals surface area contributed by atoms with Crippen molar-refractivity contribution in [2.75, 3.05) is 5.32 Å². The van der Waals surface area contributed by atoms with Gasteiger partial charge in [-0.05, 0) is 36.2 Å². The lowest BCUT2D eigenvalue weighted by Crippen LogP contribution is -2.25. The van der Waals surface area contributed by atoms with Crippen LogP contribution < -0.4 is 10.6 Å². The van der Waals surface area contributed by atoms with E-state index >= 15 is 0 Å². The number of thioether (sulfide) groups is 1. The van der Waals surface area contributed by atoms with Gasteiger partial charge in [-0.15, -0.1) is 0 Å². The van der Waals surface area contributed by atoms with Crippen LogP contribution in [0.25, 0.3) is 11.0 Å². The zero-order valence-electron chi connectivity index (χ0n) is 14.2. The third-order valence-electron chi connectivity index (χ3n) is 4.47. The molecule has 0 aliphatic carbocycles. The van der Waals surface area contributed by atoms with Crippen molar-refractivity contribution in [2.24, 2.45) is 7.05 Å². The molecule has 0 spiro atoms. The number of nitrogens with one attached hydrogen (secondary N) is 2. The van der Waals surface area contributed by atoms with Gasteiger partial charge >= 0.3 is 0 Å². The van der Waals surface area contributed by atoms with E-state index in [1.807, 2.05) is 49.5 Å². The Hall–Kier alpha value is -2.80. The van der Waals surface area contributed by atoms with Crippen LogP contribution in [-0.2, 0) is 24.8 Å². The summed E-state index contributed by atoms with van der Waals surface area (Å²) in [5.41, 5.74) is 4.12. The maximum Gasteiger partial charge on any atom is 0.286 e. The number of rotatable bonds is 5. The fourth-order valence-electron chi connectivity index (χ4n) is 3.04. The number of hydrogen-bond donors (Lipinski definition) is 2. The van der Waals surface area contributed by atoms with E-state index < -0.39 is 0 Å². The number of carbonyl (C=O) groups is 2. The summed E-state index contributed by atoms with van der Waals surface area (Å²) < 4.78 is 2.09. The fourth-order valence-corrected chi connectivity index (χ4v) is 3.89. The number of benzene rings is 2. The van der Waals surface area contributed by atoms with Crippen molar-refractivity contribution < 1.29 is 9.59 Å². The Kier molecular flexibility index (Phi) is 4.38. The first-order valence-electron chi connectivity index (χ1n) is 8.35. The van der Waals surface area contributed by atoms with Gasteiger partial charge in [0.2, 0.25) is 5.91 Å². The zero-order valence-corrected chi connectivity index (χ0v) is 15.0. The Morgan fingerprint density at radius 1 is 1.15 bits per heavy atom. The topological polar surface area (TPSA) is 76.0 Å². The summed E-state index contributed by atoms with van der Waals surface area (Å²) in [7, 11) is 2.01. The number of fused-ring (bicyclic) bond motifs is 1. The number of aryl methyl sites for hydroxylation is 1. The summed E-state index contributed by atoms with van der Waals surface area (Å²) in [6, 6.07) is 16.0. The number of imidazole rings is 1. The second-order valence-electron chi connectivity index (χ2n) is 6.21. The van der Waals surface area contributed by atoms with E-state index in [9.17, 15) is 9.59 Å². The van der Waals surface area contributed by atoms with Gasteiger partial charge in [0.15, 0.2) is 0 Å². The molecule has 2 amide bonds. The van der Waals surface area contributed by atoms with Gasteiger partial charge in [0, 0.05) is 12.7 Å². The monoisotopic (exact) mass is 366 g/mol. The summed E-state index contributed by atoms with van der Waals surface area (Å²) in [6.45, 7) is 0.625. The van der Waals surface area contributed by atoms with E-state index in [-0.39, 0.29) is 16.4 Å². The van der Waals surface area contributed by atoms with Gasteiger partial charge in [-0.25, -0.2) is 4.98 Å². The number of aromatic nitrogens is 2. The highest BCUT2D eigenvalue weighted by Gasteiger charge is 2.31. The molecule has 3 aromatic rings. The fraction of sp³-hybridized carbons (Fsp3) is 0.211. The molecule has 7 heteroatoms. The first-order valence-corrected chi connectivity index (χ1v) is 9.23. The standard InChI is InChI=1S/C19H18N4O2S/c1-23-15-5-3-2-4-14(15)21-17(23)11-20-13-8-6-12(7-9-13)10-16-18(24)22-19(25)26-16/h2-9,16,20H,10-11H2,1H3,(H,22,24,25). The third kappa shape index (κ3) is 3.30. The molecule has 1 aliphatic rings. The van der Waals surface area contributed by atoms with Crippen LogP contribution >= 0.6 is 11.8 Å². The summed E-state index contributed by atoms with van der Waals surface area (Å²) >= 11 is 1.06. The highest BCUT2D eigenvalue weighted by molar-refractivity contribution is 8.15. The molecule has 2 N–H and O–H groups in total. The van der Waals surface area contributed by atoms with Gasteiger partial charge in [-0.2, -0.15) is 0 Å². The average molecular weight is 366 g/mol. The molecular weight excluding hydrogens is 348 g/mol. The number of imide groups is 1. The maximum absolute atomic E-state index is 11.6. The largest absolute Gasteiger partial charge is 0.378 e. The van der Waals surface area contributed by atoms with Crippen LogP contribution in [-0.4, -0.2) is 25.9 Å². The molecule has 6 nitrogen and oxygen atoms in total. The normalized spacial score (nSPS) is 16.9. The lowest BCUT2D eigenvalue weighted by Gasteiger charge is -2.09. The van der Waals surface area contributed by atoms with Crippen molar-refractivity contribution in [3.8, 4) is 0 Å². The molecule has 2 aromatic carbocycles. The predicted octanol–water partition coefficient (Wildman–Crippen LogP) is 3.08. The van der Waals surface area contributed by atoms with Gasteiger partial charge in [0.05, 0.1) is 22.8 Å². The molecular formula is C19H18N4O2S. The molecule has 1 atom stereocenters. The number of nitrogens with zero attached hydrogens (tertiary/aromatic N) is 2. The van der Waals surface area contributed by atoms with E-state index in [2.05, 4.69) is 26.3 Å². The molecule has 0 saturated carbocycles. The summed E-state index contributed by atoms with van der Waals surface area (Å²) in [5, 5.41) is 5.10. The van der Waals surface area contributed by atoms with E-state index in [0.717, 1.165) is 39.9 Å². The van der Waals surface area contributed by atoms with E-state index in [0.29, 0.717) is 13.0 Å². The summed E-state index contributed by atoms with van der Waals surface area (Å²) in [4.78, 5) is 27.5. The molecule has 1 unspecified atom stereocenters. The van der Waals surface area contributed by atoms with Crippen LogP contribution in [0.1, 0.15) is 11.4 Å². The van der Waals surface area contributed by atoms with Crippen molar-refractivity contribution >= 4 is 39.6 Å². The minimum atomic E-state index is -0.332. The Balaban J connectivity index is 1.40. The van der Waals surface area contributed by atoms with Crippen LogP contribution in [0, 0.1) is 0 Å². The number of carbonyl (C=O) groups excluding carboxylic acids is 2. The molecule has 1 fully saturated rings. The van der Waals surface area contributed by atoms with Gasteiger partial charge in [0.1, 0.15) is 5.82 Å². The number of anilines is 1. The minimum Gasteiger partial charge on any atom is -0.378 e. The van der Waals surface area contributed by atoms with E-state index in [1.54, 1.807) is 0 Å². The zero-order chi connectivity index (χ0) is 18.1. The molecule has 132 valence electrons. The maximum atomic E-state index is 11.6. The van der Waals surface area contributed by atoms with Crippen LogP contribution in [0.2, 0.25) is 0 Å². The van der Waals surface area contributed by atoms with E-state index in [4.69, 9.17) is 0 Å². The van der Waals surface area contributed by atoms with E-state index in [1.165, 1.54) is 0 Å². The van der Waals surface area contributed by atoms with Crippen LogP contribution in [0.3, 0.4) is 0 Å². The average Bonchev–Trinajstić information content (AvgIpc) is 3.13. The Labute approximate surface area is 155 Å². The third-order valence-corrected chi connectivity index (χ3v) is 5.45. The van der Waals surface area contributed by atoms with Crippen molar-refractivity contribution in [1.29, 1.82) is 0 Å². The molecule has 0 bridgehead atoms. The number of para-hydroxylation sites is 2. The van der Waals surface area contributed by atoms with Gasteiger partial charge in [-0.3, -0.25) is 14.9 Å². The number of amides is 2. The van der Waals surface area contributed by atoms with Crippen molar-refractivity contribution in [1.82, 2.24) is 14.9 Å². The first-order chi connectivity index (χ1) is 12.6. The highest BCUT2D eigenvalue weighted by Crippen LogP contribution is 2.23. The minimum absolute atomic E-state index is 0.205. The SMILES string of the molecule is Cn1c(CNc2ccc(CC3SC(=O)NC3=O)cc2)nc2ccccc21. The summed E-state index contributed by atoms with van der Waals surface area (Å²) in [5.74, 6) is 0.761. The molecule has 1 aliphatic heterocycles. The summed E-state index contributed by atoms with van der Waals surface area (Å²) in [6.07, 6.45) is 0.549. The van der Waals surface area contributed by atoms with Gasteiger partial charge in [0.25, 0.3) is 5.24 Å². The molecule has 26 heavy (non-hydrogen) atoms. The first kappa shape index (κ1) is 16.7. The van der Waals surface area contributed by atoms with Crippen LogP contribution in [0.5, 0.6) is 0 Å². The van der Waals surface area contributed by atoms with Gasteiger partial charge in [-0.1, -0.05) is 36.0 Å². The van der Waals surface area contributed by atoms with Crippen molar-refractivity contribution in [3.63, 3.8) is 0 Å². The Morgan fingerprint density at radius 2 is 1.92 bits per heavy atom. The lowest BCUT2D eigenvalue weighted by atomic mass is 10.1. The highest BCUT2D eigenvalue weighted by atomic mass is 32.2. The molecule has 4 rings (SSSR count). The van der Waals surface area contributed by atoms with Gasteiger partial charge < -0.3 is 9.88 Å². The second kappa shape index (κ2) is 6.84. The molecule has 0 radical (unpaired) electrons. The van der Waals surface area contributed by atoms with Crippen molar-refractivity contribution in [2.45, 2.75) is 18.2 Å². The predicted molar refractivity (Wildman–Crippen MR) is 103 cm³/mol. The Bertz CT molecular complexity index is 981. The van der Waals surface area contributed by atoms with Crippen LogP contribution in [0.15, 0.2) is 48.5 Å². The van der Waals surface area contributed by atoms with Crippen LogP contribution in [0.4, 0.5) is 10.5 Å².